The fourth-order valence-corrected chi connectivity index (χ4v) is 3.71. The Morgan fingerprint density at radius 2 is 1.81 bits per heavy atom. The average Bonchev–Trinajstić information content (AvgIpc) is 2.98. The van der Waals surface area contributed by atoms with E-state index in [2.05, 4.69) is 64.9 Å². The third-order valence-corrected chi connectivity index (χ3v) is 5.20. The summed E-state index contributed by atoms with van der Waals surface area (Å²) in [6.45, 7) is 6.15. The van der Waals surface area contributed by atoms with Crippen molar-refractivity contribution in [1.29, 1.82) is 0 Å². The first-order chi connectivity index (χ1) is 13.2. The zero-order valence-corrected chi connectivity index (χ0v) is 16.4. The largest absolute Gasteiger partial charge is 0.379 e. The SMILES string of the molecule is Cc1cccc(-n2c(Cc3ccccc3)nn(CN3CCOCC3)c2=S)c1. The van der Waals surface area contributed by atoms with Gasteiger partial charge >= 0.3 is 0 Å². The smallest absolute Gasteiger partial charge is 0.203 e. The molecule has 2 aromatic carbocycles. The summed E-state index contributed by atoms with van der Waals surface area (Å²) in [6, 6.07) is 18.8. The lowest BCUT2D eigenvalue weighted by molar-refractivity contribution is 0.0209. The number of aromatic nitrogens is 3. The number of rotatable bonds is 5. The minimum atomic E-state index is 0.697. The maximum Gasteiger partial charge on any atom is 0.203 e. The lowest BCUT2D eigenvalue weighted by atomic mass is 10.1. The minimum absolute atomic E-state index is 0.697. The maximum atomic E-state index is 5.83. The molecule has 4 rings (SSSR count). The number of morpholine rings is 1. The van der Waals surface area contributed by atoms with Crippen LogP contribution in [0.4, 0.5) is 0 Å². The van der Waals surface area contributed by atoms with E-state index in [0.717, 1.165) is 49.0 Å². The van der Waals surface area contributed by atoms with Gasteiger partial charge in [-0.25, -0.2) is 4.68 Å². The summed E-state index contributed by atoms with van der Waals surface area (Å²) in [5, 5.41) is 4.90. The Morgan fingerprint density at radius 1 is 1.04 bits per heavy atom. The van der Waals surface area contributed by atoms with Crippen LogP contribution in [0.3, 0.4) is 0 Å². The molecule has 3 aromatic rings. The summed E-state index contributed by atoms with van der Waals surface area (Å²) >= 11 is 5.83. The maximum absolute atomic E-state index is 5.83. The molecule has 1 aromatic heterocycles. The van der Waals surface area contributed by atoms with Gasteiger partial charge in [-0.15, -0.1) is 0 Å². The topological polar surface area (TPSA) is 35.2 Å². The predicted molar refractivity (Wildman–Crippen MR) is 109 cm³/mol. The quantitative estimate of drug-likeness (QED) is 0.634. The molecule has 0 N–H and O–H groups in total. The fourth-order valence-electron chi connectivity index (χ4n) is 3.40. The van der Waals surface area contributed by atoms with E-state index < -0.39 is 0 Å². The molecule has 1 fully saturated rings. The van der Waals surface area contributed by atoms with Gasteiger partial charge in [0.15, 0.2) is 0 Å². The van der Waals surface area contributed by atoms with Crippen molar-refractivity contribution in [3.05, 3.63) is 76.3 Å². The van der Waals surface area contributed by atoms with Crippen molar-refractivity contribution < 1.29 is 4.74 Å². The molecule has 1 aliphatic heterocycles. The van der Waals surface area contributed by atoms with E-state index in [9.17, 15) is 0 Å². The summed E-state index contributed by atoms with van der Waals surface area (Å²) in [4.78, 5) is 2.33. The van der Waals surface area contributed by atoms with Gasteiger partial charge in [-0.2, -0.15) is 5.10 Å². The molecule has 27 heavy (non-hydrogen) atoms. The molecule has 0 saturated carbocycles. The van der Waals surface area contributed by atoms with Gasteiger partial charge in [-0.3, -0.25) is 9.47 Å². The van der Waals surface area contributed by atoms with Gasteiger partial charge in [0, 0.05) is 25.2 Å². The van der Waals surface area contributed by atoms with E-state index in [0.29, 0.717) is 6.67 Å². The zero-order chi connectivity index (χ0) is 18.6. The Bertz CT molecular complexity index is 958. The second kappa shape index (κ2) is 8.17. The van der Waals surface area contributed by atoms with Gasteiger partial charge in [0.05, 0.1) is 19.9 Å². The molecule has 0 bridgehead atoms. The number of aryl methyl sites for hydroxylation is 1. The van der Waals surface area contributed by atoms with Crippen LogP contribution in [0.1, 0.15) is 17.0 Å². The highest BCUT2D eigenvalue weighted by Crippen LogP contribution is 2.17. The fraction of sp³-hybridized carbons (Fsp3) is 0.333. The molecule has 2 heterocycles. The van der Waals surface area contributed by atoms with E-state index in [1.165, 1.54) is 11.1 Å². The predicted octanol–water partition coefficient (Wildman–Crippen LogP) is 3.59. The second-order valence-electron chi connectivity index (χ2n) is 6.91. The Balaban J connectivity index is 1.73. The molecular formula is C21H24N4OS. The summed E-state index contributed by atoms with van der Waals surface area (Å²) in [5.41, 5.74) is 3.50. The first-order valence-corrected chi connectivity index (χ1v) is 9.71. The van der Waals surface area contributed by atoms with E-state index in [1.54, 1.807) is 0 Å². The van der Waals surface area contributed by atoms with Crippen LogP contribution in [-0.4, -0.2) is 45.6 Å². The molecule has 140 valence electrons. The van der Waals surface area contributed by atoms with E-state index >= 15 is 0 Å². The molecular weight excluding hydrogens is 356 g/mol. The lowest BCUT2D eigenvalue weighted by Gasteiger charge is -2.26. The van der Waals surface area contributed by atoms with Gasteiger partial charge in [0.2, 0.25) is 4.77 Å². The Morgan fingerprint density at radius 3 is 2.56 bits per heavy atom. The first kappa shape index (κ1) is 18.1. The highest BCUT2D eigenvalue weighted by atomic mass is 32.1. The third-order valence-electron chi connectivity index (χ3n) is 4.81. The molecule has 5 nitrogen and oxygen atoms in total. The van der Waals surface area contributed by atoms with Crippen LogP contribution in [0, 0.1) is 11.7 Å². The van der Waals surface area contributed by atoms with Crippen LogP contribution in [0.2, 0.25) is 0 Å². The second-order valence-corrected chi connectivity index (χ2v) is 7.27. The number of nitrogens with zero attached hydrogens (tertiary/aromatic N) is 4. The molecule has 0 radical (unpaired) electrons. The van der Waals surface area contributed by atoms with E-state index in [4.69, 9.17) is 22.1 Å². The molecule has 1 saturated heterocycles. The van der Waals surface area contributed by atoms with Crippen LogP contribution in [0.5, 0.6) is 0 Å². The highest BCUT2D eigenvalue weighted by Gasteiger charge is 2.17. The zero-order valence-electron chi connectivity index (χ0n) is 15.5. The van der Waals surface area contributed by atoms with Gasteiger partial charge in [0.1, 0.15) is 5.82 Å². The van der Waals surface area contributed by atoms with Crippen molar-refractivity contribution in [3.8, 4) is 5.69 Å². The minimum Gasteiger partial charge on any atom is -0.379 e. The van der Waals surface area contributed by atoms with Crippen molar-refractivity contribution in [1.82, 2.24) is 19.2 Å². The van der Waals surface area contributed by atoms with Gasteiger partial charge < -0.3 is 4.74 Å². The van der Waals surface area contributed by atoms with Crippen LogP contribution >= 0.6 is 12.2 Å². The van der Waals surface area contributed by atoms with Crippen molar-refractivity contribution >= 4 is 12.2 Å². The van der Waals surface area contributed by atoms with Crippen LogP contribution < -0.4 is 0 Å². The Labute approximate surface area is 164 Å². The number of hydrogen-bond acceptors (Lipinski definition) is 4. The molecule has 6 heteroatoms. The molecule has 0 spiro atoms. The number of hydrogen-bond donors (Lipinski definition) is 0. The van der Waals surface area contributed by atoms with Gasteiger partial charge in [-0.05, 0) is 42.4 Å². The van der Waals surface area contributed by atoms with Crippen LogP contribution in [0.25, 0.3) is 5.69 Å². The van der Waals surface area contributed by atoms with E-state index in [-0.39, 0.29) is 0 Å². The van der Waals surface area contributed by atoms with E-state index in [1.807, 2.05) is 10.7 Å². The standard InChI is InChI=1S/C21H24N4OS/c1-17-6-5-9-19(14-17)25-20(15-18-7-3-2-4-8-18)22-24(21(25)27)16-23-10-12-26-13-11-23/h2-9,14H,10-13,15-16H2,1H3. The van der Waals surface area contributed by atoms with Gasteiger partial charge in [0.25, 0.3) is 0 Å². The number of benzene rings is 2. The third kappa shape index (κ3) is 4.18. The lowest BCUT2D eigenvalue weighted by Crippen LogP contribution is -2.37. The Hall–Kier alpha value is -2.28. The highest BCUT2D eigenvalue weighted by molar-refractivity contribution is 7.71. The van der Waals surface area contributed by atoms with Gasteiger partial charge in [-0.1, -0.05) is 42.5 Å². The monoisotopic (exact) mass is 380 g/mol. The molecule has 0 unspecified atom stereocenters. The summed E-state index contributed by atoms with van der Waals surface area (Å²) in [6.07, 6.45) is 0.745. The Kier molecular flexibility index (Phi) is 5.48. The molecule has 0 amide bonds. The van der Waals surface area contributed by atoms with Crippen molar-refractivity contribution in [2.24, 2.45) is 0 Å². The molecule has 0 aliphatic carbocycles. The van der Waals surface area contributed by atoms with Crippen molar-refractivity contribution in [2.75, 3.05) is 26.3 Å². The van der Waals surface area contributed by atoms with Crippen LogP contribution in [-0.2, 0) is 17.8 Å². The summed E-state index contributed by atoms with van der Waals surface area (Å²) < 4.78 is 10.2. The molecule has 1 aliphatic rings. The van der Waals surface area contributed by atoms with Crippen molar-refractivity contribution in [2.45, 2.75) is 20.0 Å². The first-order valence-electron chi connectivity index (χ1n) is 9.30. The summed E-state index contributed by atoms with van der Waals surface area (Å²) in [7, 11) is 0. The summed E-state index contributed by atoms with van der Waals surface area (Å²) in [5.74, 6) is 0.963. The van der Waals surface area contributed by atoms with Crippen molar-refractivity contribution in [3.63, 3.8) is 0 Å². The number of ether oxygens (including phenoxy) is 1. The molecule has 0 atom stereocenters. The van der Waals surface area contributed by atoms with Crippen LogP contribution in [0.15, 0.2) is 54.6 Å². The normalized spacial score (nSPS) is 15.1. The average molecular weight is 381 g/mol.